The second kappa shape index (κ2) is 4.61. The molecule has 0 aromatic rings. The van der Waals surface area contributed by atoms with Crippen LogP contribution in [-0.2, 0) is 19.2 Å². The molecule has 2 rings (SSSR count). The number of carbonyl (C=O) groups is 3. The molecule has 2 heterocycles. The Labute approximate surface area is 93.1 Å². The molecule has 0 bridgehead atoms. The fourth-order valence-electron chi connectivity index (χ4n) is 1.85. The van der Waals surface area contributed by atoms with Gasteiger partial charge in [0.05, 0.1) is 13.2 Å². The summed E-state index contributed by atoms with van der Waals surface area (Å²) in [6, 6.07) is 0. The Morgan fingerprint density at radius 1 is 1.25 bits per heavy atom. The van der Waals surface area contributed by atoms with Gasteiger partial charge in [-0.05, 0) is 6.42 Å². The molecule has 6 nitrogen and oxygen atoms in total. The summed E-state index contributed by atoms with van der Waals surface area (Å²) in [5.41, 5.74) is 0. The summed E-state index contributed by atoms with van der Waals surface area (Å²) < 4.78 is 0. The van der Waals surface area contributed by atoms with E-state index in [1.54, 1.807) is 0 Å². The standard InChI is InChI=1S/C10H14N2O4/c13-8-2-3-9(14)11(8)6-4-10(15)12-5-1-7-16-12/h1-7H2. The van der Waals surface area contributed by atoms with Gasteiger partial charge in [0, 0.05) is 25.8 Å². The van der Waals surface area contributed by atoms with E-state index in [2.05, 4.69) is 0 Å². The molecule has 0 unspecified atom stereocenters. The minimum atomic E-state index is -0.180. The first-order valence-electron chi connectivity index (χ1n) is 5.45. The third kappa shape index (κ3) is 2.21. The van der Waals surface area contributed by atoms with Crippen LogP contribution in [-0.4, -0.2) is 47.4 Å². The van der Waals surface area contributed by atoms with Gasteiger partial charge in [-0.1, -0.05) is 0 Å². The molecule has 88 valence electrons. The van der Waals surface area contributed by atoms with Crippen molar-refractivity contribution in [3.05, 3.63) is 0 Å². The lowest BCUT2D eigenvalue weighted by Crippen LogP contribution is -2.34. The van der Waals surface area contributed by atoms with Gasteiger partial charge in [-0.2, -0.15) is 0 Å². The maximum Gasteiger partial charge on any atom is 0.247 e. The van der Waals surface area contributed by atoms with Crippen LogP contribution in [0.3, 0.4) is 0 Å². The zero-order chi connectivity index (χ0) is 11.5. The summed E-state index contributed by atoms with van der Waals surface area (Å²) in [6.07, 6.45) is 1.53. The summed E-state index contributed by atoms with van der Waals surface area (Å²) in [4.78, 5) is 40.3. The third-order valence-corrected chi connectivity index (χ3v) is 2.73. The van der Waals surface area contributed by atoms with Gasteiger partial charge < -0.3 is 0 Å². The second-order valence-corrected chi connectivity index (χ2v) is 3.87. The fourth-order valence-corrected chi connectivity index (χ4v) is 1.85. The van der Waals surface area contributed by atoms with Crippen LogP contribution in [0.2, 0.25) is 0 Å². The van der Waals surface area contributed by atoms with Crippen LogP contribution >= 0.6 is 0 Å². The third-order valence-electron chi connectivity index (χ3n) is 2.73. The molecule has 0 radical (unpaired) electrons. The largest absolute Gasteiger partial charge is 0.282 e. The Balaban J connectivity index is 1.80. The molecular weight excluding hydrogens is 212 g/mol. The van der Waals surface area contributed by atoms with Crippen molar-refractivity contribution in [2.75, 3.05) is 19.7 Å². The minimum Gasteiger partial charge on any atom is -0.282 e. The molecule has 0 aliphatic carbocycles. The first-order valence-corrected chi connectivity index (χ1v) is 5.45. The predicted molar refractivity (Wildman–Crippen MR) is 52.9 cm³/mol. The highest BCUT2D eigenvalue weighted by Gasteiger charge is 2.29. The summed E-state index contributed by atoms with van der Waals surface area (Å²) in [6.45, 7) is 1.34. The first-order chi connectivity index (χ1) is 7.68. The van der Waals surface area contributed by atoms with Crippen molar-refractivity contribution in [1.29, 1.82) is 0 Å². The zero-order valence-electron chi connectivity index (χ0n) is 8.98. The van der Waals surface area contributed by atoms with Gasteiger partial charge in [-0.25, -0.2) is 5.06 Å². The van der Waals surface area contributed by atoms with Gasteiger partial charge in [-0.15, -0.1) is 0 Å². The van der Waals surface area contributed by atoms with E-state index in [0.29, 0.717) is 13.2 Å². The summed E-state index contributed by atoms with van der Waals surface area (Å²) in [5, 5.41) is 1.31. The highest BCUT2D eigenvalue weighted by atomic mass is 16.7. The van der Waals surface area contributed by atoms with Gasteiger partial charge in [0.2, 0.25) is 17.7 Å². The van der Waals surface area contributed by atoms with E-state index in [4.69, 9.17) is 4.84 Å². The lowest BCUT2D eigenvalue weighted by molar-refractivity contribution is -0.169. The Kier molecular flexibility index (Phi) is 3.19. The van der Waals surface area contributed by atoms with Crippen LogP contribution in [0.4, 0.5) is 0 Å². The first kappa shape index (κ1) is 11.1. The number of imide groups is 1. The zero-order valence-corrected chi connectivity index (χ0v) is 8.98. The summed E-state index contributed by atoms with van der Waals surface area (Å²) >= 11 is 0. The van der Waals surface area contributed by atoms with Crippen molar-refractivity contribution in [3.63, 3.8) is 0 Å². The Hall–Kier alpha value is -1.43. The van der Waals surface area contributed by atoms with Crippen molar-refractivity contribution >= 4 is 17.7 Å². The molecule has 16 heavy (non-hydrogen) atoms. The predicted octanol–water partition coefficient (Wildman–Crippen LogP) is -0.311. The maximum atomic E-state index is 11.6. The quantitative estimate of drug-likeness (QED) is 0.619. The van der Waals surface area contributed by atoms with Crippen LogP contribution in [0, 0.1) is 0 Å². The molecule has 2 aliphatic rings. The van der Waals surface area contributed by atoms with E-state index in [-0.39, 0.29) is 43.5 Å². The molecule has 0 aromatic heterocycles. The van der Waals surface area contributed by atoms with E-state index in [1.165, 1.54) is 5.06 Å². The van der Waals surface area contributed by atoms with E-state index >= 15 is 0 Å². The molecule has 6 heteroatoms. The Morgan fingerprint density at radius 2 is 1.94 bits per heavy atom. The van der Waals surface area contributed by atoms with Crippen molar-refractivity contribution < 1.29 is 19.2 Å². The van der Waals surface area contributed by atoms with E-state index in [9.17, 15) is 14.4 Å². The number of rotatable bonds is 3. The molecule has 2 fully saturated rings. The molecule has 0 spiro atoms. The Bertz CT molecular complexity index is 307. The average molecular weight is 226 g/mol. The van der Waals surface area contributed by atoms with Crippen LogP contribution in [0.1, 0.15) is 25.7 Å². The monoisotopic (exact) mass is 226 g/mol. The summed E-state index contributed by atoms with van der Waals surface area (Å²) in [5.74, 6) is -0.523. The van der Waals surface area contributed by atoms with Gasteiger partial charge >= 0.3 is 0 Å². The van der Waals surface area contributed by atoms with Crippen molar-refractivity contribution in [2.24, 2.45) is 0 Å². The van der Waals surface area contributed by atoms with Crippen molar-refractivity contribution in [2.45, 2.75) is 25.7 Å². The van der Waals surface area contributed by atoms with Gasteiger partial charge in [0.25, 0.3) is 0 Å². The number of nitrogens with zero attached hydrogens (tertiary/aromatic N) is 2. The molecular formula is C10H14N2O4. The van der Waals surface area contributed by atoms with Gasteiger partial charge in [0.15, 0.2) is 0 Å². The van der Waals surface area contributed by atoms with Gasteiger partial charge in [0.1, 0.15) is 0 Å². The number of hydroxylamine groups is 2. The maximum absolute atomic E-state index is 11.6. The van der Waals surface area contributed by atoms with Crippen molar-refractivity contribution in [3.8, 4) is 0 Å². The highest BCUT2D eigenvalue weighted by molar-refractivity contribution is 6.02. The number of amides is 3. The van der Waals surface area contributed by atoms with Crippen LogP contribution in [0.25, 0.3) is 0 Å². The normalized spacial score (nSPS) is 21.0. The number of carbonyl (C=O) groups excluding carboxylic acids is 3. The lowest BCUT2D eigenvalue weighted by Gasteiger charge is -2.17. The van der Waals surface area contributed by atoms with Gasteiger partial charge in [-0.3, -0.25) is 24.1 Å². The Morgan fingerprint density at radius 3 is 2.50 bits per heavy atom. The molecule has 0 atom stereocenters. The molecule has 2 saturated heterocycles. The topological polar surface area (TPSA) is 66.9 Å². The van der Waals surface area contributed by atoms with Crippen LogP contribution < -0.4 is 0 Å². The SMILES string of the molecule is O=C(CCN1C(=O)CCC1=O)N1CCCO1. The second-order valence-electron chi connectivity index (χ2n) is 3.87. The average Bonchev–Trinajstić information content (AvgIpc) is 2.87. The molecule has 0 aromatic carbocycles. The van der Waals surface area contributed by atoms with E-state index < -0.39 is 0 Å². The number of hydrogen-bond acceptors (Lipinski definition) is 4. The molecule has 2 aliphatic heterocycles. The highest BCUT2D eigenvalue weighted by Crippen LogP contribution is 2.13. The van der Waals surface area contributed by atoms with E-state index in [0.717, 1.165) is 11.3 Å². The number of likely N-dealkylation sites (tertiary alicyclic amines) is 1. The molecule has 3 amide bonds. The summed E-state index contributed by atoms with van der Waals surface area (Å²) in [7, 11) is 0. The van der Waals surface area contributed by atoms with Crippen molar-refractivity contribution in [1.82, 2.24) is 9.96 Å². The lowest BCUT2D eigenvalue weighted by atomic mass is 10.3. The van der Waals surface area contributed by atoms with E-state index in [1.807, 2.05) is 0 Å². The van der Waals surface area contributed by atoms with Crippen LogP contribution in [0.15, 0.2) is 0 Å². The van der Waals surface area contributed by atoms with Crippen LogP contribution in [0.5, 0.6) is 0 Å². The fraction of sp³-hybridized carbons (Fsp3) is 0.700. The molecule has 0 N–H and O–H groups in total. The minimum absolute atomic E-state index is 0.150. The number of hydrogen-bond donors (Lipinski definition) is 0. The molecule has 0 saturated carbocycles. The smallest absolute Gasteiger partial charge is 0.247 e.